The number of nitrogens with one attached hydrogen (secondary N) is 3. The fraction of sp³-hybridized carbons (Fsp3) is 0.263. The van der Waals surface area contributed by atoms with Gasteiger partial charge in [-0.25, -0.2) is 8.78 Å². The fourth-order valence-corrected chi connectivity index (χ4v) is 3.08. The predicted molar refractivity (Wildman–Crippen MR) is 102 cm³/mol. The Labute approximate surface area is 161 Å². The van der Waals surface area contributed by atoms with E-state index in [9.17, 15) is 18.4 Å². The van der Waals surface area contributed by atoms with Crippen molar-refractivity contribution in [1.82, 2.24) is 5.32 Å². The monoisotopic (exact) mass is 395 g/mol. The van der Waals surface area contributed by atoms with Crippen LogP contribution in [-0.4, -0.2) is 24.9 Å². The molecule has 0 bridgehead atoms. The quantitative estimate of drug-likeness (QED) is 0.727. The molecule has 1 saturated heterocycles. The zero-order valence-corrected chi connectivity index (χ0v) is 15.2. The minimum absolute atomic E-state index is 0. The van der Waals surface area contributed by atoms with Gasteiger partial charge in [0.1, 0.15) is 11.6 Å². The molecule has 8 heteroatoms. The van der Waals surface area contributed by atoms with Crippen LogP contribution in [0.1, 0.15) is 12.8 Å². The summed E-state index contributed by atoms with van der Waals surface area (Å²) in [4.78, 5) is 25.2. The third-order valence-electron chi connectivity index (χ3n) is 4.42. The van der Waals surface area contributed by atoms with E-state index in [0.717, 1.165) is 0 Å². The SMILES string of the molecule is Cl.O=C(CC1(C(=O)Nc2cccc(F)c2)CCNC1)Nc1cccc(F)c1. The second kappa shape index (κ2) is 8.92. The average molecular weight is 396 g/mol. The van der Waals surface area contributed by atoms with Crippen LogP contribution in [0.2, 0.25) is 0 Å². The van der Waals surface area contributed by atoms with E-state index in [1.807, 2.05) is 0 Å². The Kier molecular flexibility index (Phi) is 6.87. The van der Waals surface area contributed by atoms with E-state index < -0.39 is 17.0 Å². The number of amides is 2. The van der Waals surface area contributed by atoms with E-state index in [4.69, 9.17) is 0 Å². The molecule has 144 valence electrons. The summed E-state index contributed by atoms with van der Waals surface area (Å²) in [6, 6.07) is 11.2. The van der Waals surface area contributed by atoms with Crippen LogP contribution in [0.5, 0.6) is 0 Å². The Hall–Kier alpha value is -2.51. The molecule has 1 aliphatic heterocycles. The van der Waals surface area contributed by atoms with Gasteiger partial charge < -0.3 is 16.0 Å². The number of rotatable bonds is 5. The highest BCUT2D eigenvalue weighted by atomic mass is 35.5. The van der Waals surface area contributed by atoms with Crippen molar-refractivity contribution in [1.29, 1.82) is 0 Å². The minimum atomic E-state index is -0.941. The van der Waals surface area contributed by atoms with Crippen LogP contribution in [0.25, 0.3) is 0 Å². The summed E-state index contributed by atoms with van der Waals surface area (Å²) in [5.41, 5.74) is -0.266. The molecule has 0 aliphatic carbocycles. The standard InChI is InChI=1S/C19H19F2N3O2.ClH/c20-13-3-1-5-15(9-13)23-17(25)11-19(7-8-22-12-19)18(26)24-16-6-2-4-14(21)10-16;/h1-6,9-10,22H,7-8,11-12H2,(H,23,25)(H,24,26);1H. The summed E-state index contributed by atoms with van der Waals surface area (Å²) in [6.07, 6.45) is 0.419. The van der Waals surface area contributed by atoms with E-state index in [2.05, 4.69) is 16.0 Å². The largest absolute Gasteiger partial charge is 0.326 e. The fourth-order valence-electron chi connectivity index (χ4n) is 3.08. The lowest BCUT2D eigenvalue weighted by Crippen LogP contribution is -2.41. The Balaban J connectivity index is 0.00000261. The van der Waals surface area contributed by atoms with Gasteiger partial charge in [-0.15, -0.1) is 12.4 Å². The zero-order valence-electron chi connectivity index (χ0n) is 14.4. The van der Waals surface area contributed by atoms with E-state index in [1.54, 1.807) is 12.1 Å². The average Bonchev–Trinajstić information content (AvgIpc) is 3.04. The van der Waals surface area contributed by atoms with Crippen molar-refractivity contribution in [3.63, 3.8) is 0 Å². The summed E-state index contributed by atoms with van der Waals surface area (Å²) in [5.74, 6) is -1.63. The maximum atomic E-state index is 13.3. The number of carbonyl (C=O) groups is 2. The Morgan fingerprint density at radius 1 is 1.00 bits per heavy atom. The lowest BCUT2D eigenvalue weighted by molar-refractivity contribution is -0.129. The third-order valence-corrected chi connectivity index (χ3v) is 4.42. The lowest BCUT2D eigenvalue weighted by atomic mass is 9.82. The third kappa shape index (κ3) is 5.24. The molecule has 3 rings (SSSR count). The van der Waals surface area contributed by atoms with Crippen molar-refractivity contribution < 1.29 is 18.4 Å². The van der Waals surface area contributed by atoms with Crippen molar-refractivity contribution in [2.45, 2.75) is 12.8 Å². The van der Waals surface area contributed by atoms with Crippen LogP contribution in [0, 0.1) is 17.0 Å². The van der Waals surface area contributed by atoms with Crippen LogP contribution < -0.4 is 16.0 Å². The number of benzene rings is 2. The van der Waals surface area contributed by atoms with Crippen LogP contribution >= 0.6 is 12.4 Å². The van der Waals surface area contributed by atoms with Gasteiger partial charge in [-0.2, -0.15) is 0 Å². The summed E-state index contributed by atoms with van der Waals surface area (Å²) < 4.78 is 26.6. The number of hydrogen-bond donors (Lipinski definition) is 3. The molecular formula is C19H20ClF2N3O2. The van der Waals surface area contributed by atoms with Gasteiger partial charge in [0.2, 0.25) is 11.8 Å². The summed E-state index contributed by atoms with van der Waals surface area (Å²) in [5, 5.41) is 8.40. The predicted octanol–water partition coefficient (Wildman–Crippen LogP) is 3.33. The van der Waals surface area contributed by atoms with Crippen LogP contribution in [-0.2, 0) is 9.59 Å². The summed E-state index contributed by atoms with van der Waals surface area (Å²) >= 11 is 0. The normalized spacial score (nSPS) is 18.4. The smallest absolute Gasteiger partial charge is 0.232 e. The number of hydrogen-bond acceptors (Lipinski definition) is 3. The first-order chi connectivity index (χ1) is 12.5. The summed E-state index contributed by atoms with van der Waals surface area (Å²) in [7, 11) is 0. The Morgan fingerprint density at radius 3 is 2.11 bits per heavy atom. The van der Waals surface area contributed by atoms with E-state index >= 15 is 0 Å². The molecule has 0 spiro atoms. The molecule has 1 aliphatic rings. The second-order valence-corrected chi connectivity index (χ2v) is 6.41. The highest BCUT2D eigenvalue weighted by Crippen LogP contribution is 2.32. The Bertz CT molecular complexity index is 826. The first kappa shape index (κ1) is 20.8. The molecular weight excluding hydrogens is 376 g/mol. The van der Waals surface area contributed by atoms with E-state index in [0.29, 0.717) is 30.9 Å². The van der Waals surface area contributed by atoms with E-state index in [-0.39, 0.29) is 30.6 Å². The highest BCUT2D eigenvalue weighted by molar-refractivity contribution is 6.01. The van der Waals surface area contributed by atoms with Gasteiger partial charge in [-0.1, -0.05) is 12.1 Å². The lowest BCUT2D eigenvalue weighted by Gasteiger charge is -2.26. The molecule has 1 atom stereocenters. The van der Waals surface area contributed by atoms with Gasteiger partial charge in [0.25, 0.3) is 0 Å². The van der Waals surface area contributed by atoms with Gasteiger partial charge in [0.15, 0.2) is 0 Å². The molecule has 27 heavy (non-hydrogen) atoms. The van der Waals surface area contributed by atoms with Gasteiger partial charge in [0.05, 0.1) is 5.41 Å². The molecule has 1 fully saturated rings. The van der Waals surface area contributed by atoms with Crippen molar-refractivity contribution in [2.24, 2.45) is 5.41 Å². The zero-order chi connectivity index (χ0) is 18.6. The number of carbonyl (C=O) groups excluding carboxylic acids is 2. The first-order valence-corrected chi connectivity index (χ1v) is 8.30. The second-order valence-electron chi connectivity index (χ2n) is 6.41. The molecule has 1 heterocycles. The molecule has 0 aromatic heterocycles. The molecule has 0 saturated carbocycles. The molecule has 5 nitrogen and oxygen atoms in total. The van der Waals surface area contributed by atoms with E-state index in [1.165, 1.54) is 36.4 Å². The van der Waals surface area contributed by atoms with Gasteiger partial charge in [-0.3, -0.25) is 9.59 Å². The van der Waals surface area contributed by atoms with Gasteiger partial charge in [-0.05, 0) is 49.4 Å². The molecule has 2 aromatic rings. The molecule has 2 aromatic carbocycles. The summed E-state index contributed by atoms with van der Waals surface area (Å²) in [6.45, 7) is 0.939. The topological polar surface area (TPSA) is 70.2 Å². The highest BCUT2D eigenvalue weighted by Gasteiger charge is 2.43. The van der Waals surface area contributed by atoms with Crippen LogP contribution in [0.4, 0.5) is 20.2 Å². The van der Waals surface area contributed by atoms with Crippen molar-refractivity contribution >= 4 is 35.6 Å². The van der Waals surface area contributed by atoms with Crippen molar-refractivity contribution in [3.8, 4) is 0 Å². The number of anilines is 2. The van der Waals surface area contributed by atoms with Gasteiger partial charge >= 0.3 is 0 Å². The van der Waals surface area contributed by atoms with Crippen LogP contribution in [0.15, 0.2) is 48.5 Å². The molecule has 3 N–H and O–H groups in total. The van der Waals surface area contributed by atoms with Crippen LogP contribution in [0.3, 0.4) is 0 Å². The maximum absolute atomic E-state index is 13.3. The van der Waals surface area contributed by atoms with Gasteiger partial charge in [0, 0.05) is 24.3 Å². The molecule has 0 radical (unpaired) electrons. The minimum Gasteiger partial charge on any atom is -0.326 e. The number of halogens is 3. The molecule has 2 amide bonds. The maximum Gasteiger partial charge on any atom is 0.232 e. The van der Waals surface area contributed by atoms with Crippen molar-refractivity contribution in [2.75, 3.05) is 23.7 Å². The van der Waals surface area contributed by atoms with Crippen molar-refractivity contribution in [3.05, 3.63) is 60.2 Å². The molecule has 1 unspecified atom stereocenters. The first-order valence-electron chi connectivity index (χ1n) is 8.30. The Morgan fingerprint density at radius 2 is 1.59 bits per heavy atom.